The van der Waals surface area contributed by atoms with Gasteiger partial charge in [0.15, 0.2) is 0 Å². The van der Waals surface area contributed by atoms with Crippen LogP contribution in [0.5, 0.6) is 0 Å². The van der Waals surface area contributed by atoms with Crippen molar-refractivity contribution in [1.82, 2.24) is 4.57 Å². The second kappa shape index (κ2) is 7.34. The number of benzene rings is 1. The fourth-order valence-electron chi connectivity index (χ4n) is 2.75. The molecule has 0 aliphatic rings. The number of rotatable bonds is 8. The van der Waals surface area contributed by atoms with Crippen LogP contribution in [0.2, 0.25) is 0 Å². The molecule has 0 aliphatic heterocycles. The second-order valence-electron chi connectivity index (χ2n) is 5.32. The number of aryl methyl sites for hydroxylation is 1. The largest absolute Gasteiger partial charge is 0.343 e. The summed E-state index contributed by atoms with van der Waals surface area (Å²) in [6.45, 7) is 4.00. The maximum Gasteiger partial charge on any atom is 0.0482 e. The summed E-state index contributed by atoms with van der Waals surface area (Å²) in [5.41, 5.74) is 8.45. The van der Waals surface area contributed by atoms with Crippen molar-refractivity contribution in [3.05, 3.63) is 36.0 Å². The van der Waals surface area contributed by atoms with Gasteiger partial charge in [0.05, 0.1) is 0 Å². The van der Waals surface area contributed by atoms with E-state index in [1.165, 1.54) is 55.1 Å². The van der Waals surface area contributed by atoms with Crippen molar-refractivity contribution < 1.29 is 0 Å². The molecule has 2 aromatic rings. The smallest absolute Gasteiger partial charge is 0.0482 e. The van der Waals surface area contributed by atoms with Gasteiger partial charge < -0.3 is 10.3 Å². The van der Waals surface area contributed by atoms with Gasteiger partial charge in [-0.15, -0.1) is 0 Å². The summed E-state index contributed by atoms with van der Waals surface area (Å²) < 4.78 is 2.40. The second-order valence-corrected chi connectivity index (χ2v) is 5.32. The molecule has 0 fully saturated rings. The number of hydrogen-bond acceptors (Lipinski definition) is 1. The molecule has 1 aromatic carbocycles. The van der Waals surface area contributed by atoms with E-state index >= 15 is 0 Å². The number of nitrogens with two attached hydrogens (primary N) is 1. The predicted molar refractivity (Wildman–Crippen MR) is 83.2 cm³/mol. The monoisotopic (exact) mass is 258 g/mol. The minimum Gasteiger partial charge on any atom is -0.343 e. The zero-order valence-electron chi connectivity index (χ0n) is 12.1. The van der Waals surface area contributed by atoms with Crippen LogP contribution in [-0.2, 0) is 13.1 Å². The molecule has 2 N–H and O–H groups in total. The number of unbranched alkanes of at least 4 members (excludes halogenated alkanes) is 5. The van der Waals surface area contributed by atoms with E-state index < -0.39 is 0 Å². The Kier molecular flexibility index (Phi) is 5.46. The summed E-state index contributed by atoms with van der Waals surface area (Å²) in [6, 6.07) is 10.8. The van der Waals surface area contributed by atoms with Crippen LogP contribution in [0.1, 0.15) is 51.1 Å². The summed E-state index contributed by atoms with van der Waals surface area (Å²) in [4.78, 5) is 0. The first-order valence-corrected chi connectivity index (χ1v) is 7.64. The summed E-state index contributed by atoms with van der Waals surface area (Å²) in [5, 5.41) is 1.31. The van der Waals surface area contributed by atoms with Gasteiger partial charge >= 0.3 is 0 Å². The number of fused-ring (bicyclic) bond motifs is 1. The first-order valence-electron chi connectivity index (χ1n) is 7.64. The molecule has 0 saturated heterocycles. The van der Waals surface area contributed by atoms with E-state index in [4.69, 9.17) is 5.73 Å². The van der Waals surface area contributed by atoms with Gasteiger partial charge in [0.25, 0.3) is 0 Å². The van der Waals surface area contributed by atoms with Crippen LogP contribution < -0.4 is 5.73 Å². The third kappa shape index (κ3) is 3.60. The molecule has 19 heavy (non-hydrogen) atoms. The lowest BCUT2D eigenvalue weighted by atomic mass is 10.1. The molecule has 0 radical (unpaired) electrons. The number of aromatic nitrogens is 1. The number of para-hydroxylation sites is 1. The highest BCUT2D eigenvalue weighted by Crippen LogP contribution is 2.20. The van der Waals surface area contributed by atoms with Crippen LogP contribution in [0.25, 0.3) is 10.9 Å². The van der Waals surface area contributed by atoms with Gasteiger partial charge in [-0.1, -0.05) is 57.2 Å². The van der Waals surface area contributed by atoms with Crippen molar-refractivity contribution in [3.63, 3.8) is 0 Å². The number of nitrogens with zero attached hydrogens (tertiary/aromatic N) is 1. The Morgan fingerprint density at radius 1 is 1.00 bits per heavy atom. The van der Waals surface area contributed by atoms with Gasteiger partial charge in [-0.05, 0) is 23.9 Å². The van der Waals surface area contributed by atoms with E-state index in [2.05, 4.69) is 41.8 Å². The minimum absolute atomic E-state index is 0.629. The highest BCUT2D eigenvalue weighted by atomic mass is 15.0. The normalized spacial score (nSPS) is 11.3. The van der Waals surface area contributed by atoms with E-state index in [0.717, 1.165) is 6.54 Å². The summed E-state index contributed by atoms with van der Waals surface area (Å²) in [5.74, 6) is 0. The third-order valence-corrected chi connectivity index (χ3v) is 3.84. The molecule has 0 unspecified atom stereocenters. The fourth-order valence-corrected chi connectivity index (χ4v) is 2.75. The van der Waals surface area contributed by atoms with Crippen LogP contribution in [0.3, 0.4) is 0 Å². The minimum atomic E-state index is 0.629. The standard InChI is InChI=1S/C17H26N2/c1-2-3-4-5-6-9-12-19-16(14-18)13-15-10-7-8-11-17(15)19/h7-8,10-11,13H,2-6,9,12,14,18H2,1H3. The van der Waals surface area contributed by atoms with E-state index in [1.54, 1.807) is 0 Å². The Hall–Kier alpha value is -1.28. The van der Waals surface area contributed by atoms with Crippen molar-refractivity contribution in [2.75, 3.05) is 0 Å². The Balaban J connectivity index is 1.95. The van der Waals surface area contributed by atoms with Gasteiger partial charge in [-0.2, -0.15) is 0 Å². The van der Waals surface area contributed by atoms with Gasteiger partial charge in [0, 0.05) is 24.3 Å². The lowest BCUT2D eigenvalue weighted by Crippen LogP contribution is -2.07. The molecular weight excluding hydrogens is 232 g/mol. The van der Waals surface area contributed by atoms with Gasteiger partial charge in [-0.25, -0.2) is 0 Å². The predicted octanol–water partition coefficient (Wildman–Crippen LogP) is 4.46. The Bertz CT molecular complexity index is 499. The van der Waals surface area contributed by atoms with Crippen molar-refractivity contribution in [1.29, 1.82) is 0 Å². The highest BCUT2D eigenvalue weighted by molar-refractivity contribution is 5.81. The van der Waals surface area contributed by atoms with Crippen LogP contribution in [-0.4, -0.2) is 4.57 Å². The molecule has 2 heteroatoms. The highest BCUT2D eigenvalue weighted by Gasteiger charge is 2.06. The molecule has 2 nitrogen and oxygen atoms in total. The summed E-state index contributed by atoms with van der Waals surface area (Å²) >= 11 is 0. The molecule has 0 aliphatic carbocycles. The fraction of sp³-hybridized carbons (Fsp3) is 0.529. The van der Waals surface area contributed by atoms with Crippen LogP contribution in [0, 0.1) is 0 Å². The molecule has 0 amide bonds. The van der Waals surface area contributed by atoms with Crippen LogP contribution in [0.15, 0.2) is 30.3 Å². The SMILES string of the molecule is CCCCCCCCn1c(CN)cc2ccccc21. The van der Waals surface area contributed by atoms with Crippen LogP contribution in [0.4, 0.5) is 0 Å². The van der Waals surface area contributed by atoms with Crippen molar-refractivity contribution in [2.24, 2.45) is 5.73 Å². The quantitative estimate of drug-likeness (QED) is 0.696. The average molecular weight is 258 g/mol. The average Bonchev–Trinajstić information content (AvgIpc) is 2.81. The Morgan fingerprint density at radius 3 is 2.53 bits per heavy atom. The lowest BCUT2D eigenvalue weighted by molar-refractivity contribution is 0.557. The van der Waals surface area contributed by atoms with E-state index in [-0.39, 0.29) is 0 Å². The van der Waals surface area contributed by atoms with E-state index in [1.807, 2.05) is 0 Å². The molecule has 1 aromatic heterocycles. The first-order chi connectivity index (χ1) is 9.36. The van der Waals surface area contributed by atoms with Crippen molar-refractivity contribution in [2.45, 2.75) is 58.5 Å². The molecular formula is C17H26N2. The molecule has 0 bridgehead atoms. The van der Waals surface area contributed by atoms with E-state index in [0.29, 0.717) is 6.54 Å². The van der Waals surface area contributed by atoms with E-state index in [9.17, 15) is 0 Å². The maximum absolute atomic E-state index is 5.86. The summed E-state index contributed by atoms with van der Waals surface area (Å²) in [6.07, 6.45) is 8.03. The zero-order valence-corrected chi connectivity index (χ0v) is 12.1. The molecule has 0 atom stereocenters. The van der Waals surface area contributed by atoms with Crippen molar-refractivity contribution in [3.8, 4) is 0 Å². The molecule has 2 rings (SSSR count). The molecule has 104 valence electrons. The molecule has 1 heterocycles. The Morgan fingerprint density at radius 2 is 1.74 bits per heavy atom. The first kappa shape index (κ1) is 14.1. The molecule has 0 spiro atoms. The van der Waals surface area contributed by atoms with Crippen LogP contribution >= 0.6 is 0 Å². The van der Waals surface area contributed by atoms with Crippen molar-refractivity contribution >= 4 is 10.9 Å². The topological polar surface area (TPSA) is 30.9 Å². The number of hydrogen-bond donors (Lipinski definition) is 1. The molecule has 0 saturated carbocycles. The lowest BCUT2D eigenvalue weighted by Gasteiger charge is -2.09. The maximum atomic E-state index is 5.86. The summed E-state index contributed by atoms with van der Waals surface area (Å²) in [7, 11) is 0. The zero-order chi connectivity index (χ0) is 13.5. The van der Waals surface area contributed by atoms with Gasteiger partial charge in [0.2, 0.25) is 0 Å². The third-order valence-electron chi connectivity index (χ3n) is 3.84. The van der Waals surface area contributed by atoms with Gasteiger partial charge in [0.1, 0.15) is 0 Å². The van der Waals surface area contributed by atoms with Gasteiger partial charge in [-0.3, -0.25) is 0 Å². The Labute approximate surface area is 116 Å².